The van der Waals surface area contributed by atoms with Gasteiger partial charge in [-0.2, -0.15) is 0 Å². The predicted octanol–water partition coefficient (Wildman–Crippen LogP) is 2.59. The van der Waals surface area contributed by atoms with Crippen molar-refractivity contribution < 1.29 is 15.0 Å². The molecule has 0 amide bonds. The van der Waals surface area contributed by atoms with Gasteiger partial charge in [0.1, 0.15) is 5.75 Å². The third-order valence-electron chi connectivity index (χ3n) is 1.69. The van der Waals surface area contributed by atoms with E-state index in [1.165, 1.54) is 18.2 Å². The topological polar surface area (TPSA) is 57.5 Å². The van der Waals surface area contributed by atoms with Crippen molar-refractivity contribution in [3.05, 3.63) is 29.3 Å². The highest BCUT2D eigenvalue weighted by molar-refractivity contribution is 14.1. The van der Waals surface area contributed by atoms with E-state index in [9.17, 15) is 9.90 Å². The van der Waals surface area contributed by atoms with E-state index in [1.54, 1.807) is 0 Å². The van der Waals surface area contributed by atoms with Crippen molar-refractivity contribution >= 4 is 28.6 Å². The van der Waals surface area contributed by atoms with E-state index in [0.717, 1.165) is 0 Å². The molecule has 70 valence electrons. The van der Waals surface area contributed by atoms with Gasteiger partial charge in [-0.15, -0.1) is 0 Å². The van der Waals surface area contributed by atoms with E-state index < -0.39 is 5.97 Å². The largest absolute Gasteiger partial charge is 0.508 e. The fourth-order valence-electron chi connectivity index (χ4n) is 1.07. The summed E-state index contributed by atoms with van der Waals surface area (Å²) in [6.07, 6.45) is 0. The van der Waals surface area contributed by atoms with Crippen LogP contribution in [0.4, 0.5) is 0 Å². The minimum absolute atomic E-state index is 0.0656. The van der Waals surface area contributed by atoms with Crippen molar-refractivity contribution in [3.63, 3.8) is 0 Å². The summed E-state index contributed by atoms with van der Waals surface area (Å²) in [5, 5.41) is 18.0. The number of alkyl halides is 1. The van der Waals surface area contributed by atoms with Crippen molar-refractivity contribution in [1.29, 1.82) is 0 Å². The second-order valence-corrected chi connectivity index (χ2v) is 4.56. The maximum atomic E-state index is 10.8. The monoisotopic (exact) mass is 292 g/mol. The Morgan fingerprint density at radius 1 is 1.54 bits per heavy atom. The molecule has 1 atom stereocenters. The molecule has 0 saturated heterocycles. The van der Waals surface area contributed by atoms with Crippen LogP contribution in [-0.4, -0.2) is 16.2 Å². The maximum absolute atomic E-state index is 10.8. The lowest BCUT2D eigenvalue weighted by Crippen LogP contribution is -2.02. The lowest BCUT2D eigenvalue weighted by molar-refractivity contribution is 0.0696. The van der Waals surface area contributed by atoms with Gasteiger partial charge in [0.15, 0.2) is 0 Å². The summed E-state index contributed by atoms with van der Waals surface area (Å²) in [7, 11) is 0. The van der Waals surface area contributed by atoms with E-state index in [0.29, 0.717) is 5.56 Å². The number of phenols is 1. The smallest absolute Gasteiger partial charge is 0.336 e. The van der Waals surface area contributed by atoms with Gasteiger partial charge >= 0.3 is 5.97 Å². The Hall–Kier alpha value is -0.780. The molecule has 1 aromatic rings. The maximum Gasteiger partial charge on any atom is 0.336 e. The molecular weight excluding hydrogens is 283 g/mol. The van der Waals surface area contributed by atoms with Crippen LogP contribution in [0, 0.1) is 0 Å². The van der Waals surface area contributed by atoms with Crippen LogP contribution in [0.2, 0.25) is 0 Å². The Kier molecular flexibility index (Phi) is 3.13. The SMILES string of the molecule is CC(I)c1cc(O)ccc1C(=O)O. The summed E-state index contributed by atoms with van der Waals surface area (Å²) in [5.41, 5.74) is 0.896. The molecule has 0 saturated carbocycles. The fraction of sp³-hybridized carbons (Fsp3) is 0.222. The molecule has 2 N–H and O–H groups in total. The van der Waals surface area contributed by atoms with Gasteiger partial charge in [-0.25, -0.2) is 4.79 Å². The summed E-state index contributed by atoms with van der Waals surface area (Å²) >= 11 is 2.11. The number of rotatable bonds is 2. The first-order chi connectivity index (χ1) is 6.02. The second-order valence-electron chi connectivity index (χ2n) is 2.69. The van der Waals surface area contributed by atoms with Crippen molar-refractivity contribution in [3.8, 4) is 5.75 Å². The number of carboxylic acids is 1. The molecule has 3 nitrogen and oxygen atoms in total. The molecule has 0 radical (unpaired) electrons. The standard InChI is InChI=1S/C9H9IO3/c1-5(10)8-4-6(11)2-3-7(8)9(12)13/h2-5,11H,1H3,(H,12,13). The third-order valence-corrected chi connectivity index (χ3v) is 2.37. The first-order valence-electron chi connectivity index (χ1n) is 3.72. The molecule has 0 bridgehead atoms. The molecule has 0 aliphatic heterocycles. The van der Waals surface area contributed by atoms with Gasteiger partial charge in [-0.3, -0.25) is 0 Å². The Morgan fingerprint density at radius 2 is 2.15 bits per heavy atom. The van der Waals surface area contributed by atoms with Crippen LogP contribution < -0.4 is 0 Å². The molecule has 1 rings (SSSR count). The van der Waals surface area contributed by atoms with Crippen molar-refractivity contribution in [2.75, 3.05) is 0 Å². The molecule has 1 aromatic carbocycles. The second kappa shape index (κ2) is 3.95. The number of hydrogen-bond acceptors (Lipinski definition) is 2. The first-order valence-corrected chi connectivity index (χ1v) is 4.97. The molecule has 0 aliphatic rings. The Labute approximate surface area is 89.5 Å². The zero-order valence-corrected chi connectivity index (χ0v) is 9.15. The molecule has 0 spiro atoms. The number of carbonyl (C=O) groups is 1. The van der Waals surface area contributed by atoms with Gasteiger partial charge in [0.25, 0.3) is 0 Å². The number of aromatic carboxylic acids is 1. The molecular formula is C9H9IO3. The molecule has 0 aliphatic carbocycles. The first kappa shape index (κ1) is 10.3. The van der Waals surface area contributed by atoms with E-state index in [4.69, 9.17) is 5.11 Å². The average Bonchev–Trinajstić information content (AvgIpc) is 2.03. The van der Waals surface area contributed by atoms with Crippen molar-refractivity contribution in [2.45, 2.75) is 10.8 Å². The van der Waals surface area contributed by atoms with Gasteiger partial charge in [0.05, 0.1) is 5.56 Å². The quantitative estimate of drug-likeness (QED) is 0.650. The van der Waals surface area contributed by atoms with Crippen LogP contribution >= 0.6 is 22.6 Å². The summed E-state index contributed by atoms with van der Waals surface area (Å²) in [5.74, 6) is -0.859. The molecule has 0 fully saturated rings. The normalized spacial score (nSPS) is 12.5. The number of halogens is 1. The Morgan fingerprint density at radius 3 is 2.62 bits per heavy atom. The minimum Gasteiger partial charge on any atom is -0.508 e. The molecule has 4 heteroatoms. The average molecular weight is 292 g/mol. The van der Waals surface area contributed by atoms with E-state index in [-0.39, 0.29) is 15.2 Å². The van der Waals surface area contributed by atoms with Crippen LogP contribution in [0.25, 0.3) is 0 Å². The van der Waals surface area contributed by atoms with Gasteiger partial charge in [0, 0.05) is 3.92 Å². The summed E-state index contributed by atoms with van der Waals surface area (Å²) in [6.45, 7) is 1.88. The zero-order valence-electron chi connectivity index (χ0n) is 6.99. The van der Waals surface area contributed by atoms with E-state index in [1.807, 2.05) is 6.92 Å². The molecule has 0 heterocycles. The van der Waals surface area contributed by atoms with Gasteiger partial charge in [-0.1, -0.05) is 22.6 Å². The Bertz CT molecular complexity index is 334. The van der Waals surface area contributed by atoms with Gasteiger partial charge in [0.2, 0.25) is 0 Å². The predicted molar refractivity (Wildman–Crippen MR) is 57.5 cm³/mol. The highest BCUT2D eigenvalue weighted by Crippen LogP contribution is 2.28. The highest BCUT2D eigenvalue weighted by atomic mass is 127. The van der Waals surface area contributed by atoms with Gasteiger partial charge < -0.3 is 10.2 Å². The lowest BCUT2D eigenvalue weighted by Gasteiger charge is -2.08. The summed E-state index contributed by atoms with van der Waals surface area (Å²) < 4.78 is 0.0656. The third kappa shape index (κ3) is 2.33. The number of aromatic hydroxyl groups is 1. The fourth-order valence-corrected chi connectivity index (χ4v) is 1.59. The van der Waals surface area contributed by atoms with Crippen LogP contribution in [-0.2, 0) is 0 Å². The number of hydrogen-bond donors (Lipinski definition) is 2. The minimum atomic E-state index is -0.960. The van der Waals surface area contributed by atoms with Crippen molar-refractivity contribution in [2.24, 2.45) is 0 Å². The molecule has 13 heavy (non-hydrogen) atoms. The highest BCUT2D eigenvalue weighted by Gasteiger charge is 2.13. The van der Waals surface area contributed by atoms with E-state index >= 15 is 0 Å². The van der Waals surface area contributed by atoms with Crippen molar-refractivity contribution in [1.82, 2.24) is 0 Å². The van der Waals surface area contributed by atoms with Crippen LogP contribution in [0.3, 0.4) is 0 Å². The Balaban J connectivity index is 3.26. The lowest BCUT2D eigenvalue weighted by atomic mass is 10.1. The van der Waals surface area contributed by atoms with Crippen LogP contribution in [0.1, 0.15) is 26.8 Å². The van der Waals surface area contributed by atoms with Crippen LogP contribution in [0.15, 0.2) is 18.2 Å². The van der Waals surface area contributed by atoms with Gasteiger partial charge in [-0.05, 0) is 30.7 Å². The summed E-state index contributed by atoms with van der Waals surface area (Å²) in [4.78, 5) is 10.8. The zero-order chi connectivity index (χ0) is 10.0. The number of benzene rings is 1. The number of carboxylic acid groups (broad SMARTS) is 1. The number of phenolic OH excluding ortho intramolecular Hbond substituents is 1. The summed E-state index contributed by atoms with van der Waals surface area (Å²) in [6, 6.07) is 4.29. The van der Waals surface area contributed by atoms with Crippen LogP contribution in [0.5, 0.6) is 5.75 Å². The molecule has 0 aromatic heterocycles. The molecule has 1 unspecified atom stereocenters. The van der Waals surface area contributed by atoms with E-state index in [2.05, 4.69) is 22.6 Å².